The van der Waals surface area contributed by atoms with Gasteiger partial charge in [-0.1, -0.05) is 29.8 Å². The largest absolute Gasteiger partial charge is 0.337 e. The van der Waals surface area contributed by atoms with Gasteiger partial charge in [-0.15, -0.1) is 11.3 Å². The van der Waals surface area contributed by atoms with Crippen molar-refractivity contribution in [3.63, 3.8) is 0 Å². The Kier molecular flexibility index (Phi) is 6.44. The van der Waals surface area contributed by atoms with E-state index in [0.29, 0.717) is 17.1 Å². The molecule has 5 nitrogen and oxygen atoms in total. The van der Waals surface area contributed by atoms with Crippen LogP contribution in [0.3, 0.4) is 0 Å². The normalized spacial score (nSPS) is 11.2. The average Bonchev–Trinajstić information content (AvgIpc) is 3.07. The lowest BCUT2D eigenvalue weighted by molar-refractivity contribution is 0.0786. The standard InChI is InChI=1S/C19H16BrClN2O3S2/c1-23(11-15-10-14(20)12-27-15)19(24)13-5-4-6-16(9-13)28(25,26)22-18-8-3-2-7-17(18)21/h2-10,12,22H,11H2,1H3. The molecule has 0 saturated carbocycles. The molecule has 9 heteroatoms. The Hall–Kier alpha value is -1.87. The summed E-state index contributed by atoms with van der Waals surface area (Å²) in [6.45, 7) is 0.434. The number of carbonyl (C=O) groups excluding carboxylic acids is 1. The molecule has 0 saturated heterocycles. The van der Waals surface area contributed by atoms with Crippen LogP contribution >= 0.6 is 38.9 Å². The molecule has 0 aliphatic heterocycles. The lowest BCUT2D eigenvalue weighted by Crippen LogP contribution is -2.26. The monoisotopic (exact) mass is 498 g/mol. The number of halogens is 2. The molecule has 0 fully saturated rings. The minimum atomic E-state index is -3.88. The smallest absolute Gasteiger partial charge is 0.261 e. The third-order valence-electron chi connectivity index (χ3n) is 3.87. The van der Waals surface area contributed by atoms with Crippen molar-refractivity contribution in [2.75, 3.05) is 11.8 Å². The number of amides is 1. The summed E-state index contributed by atoms with van der Waals surface area (Å²) in [6.07, 6.45) is 0. The topological polar surface area (TPSA) is 66.5 Å². The zero-order valence-electron chi connectivity index (χ0n) is 14.7. The van der Waals surface area contributed by atoms with Crippen LogP contribution in [-0.4, -0.2) is 26.3 Å². The van der Waals surface area contributed by atoms with Crippen molar-refractivity contribution < 1.29 is 13.2 Å². The van der Waals surface area contributed by atoms with Crippen molar-refractivity contribution in [3.05, 3.63) is 79.9 Å². The van der Waals surface area contributed by atoms with Crippen LogP contribution < -0.4 is 4.72 Å². The summed E-state index contributed by atoms with van der Waals surface area (Å²) in [6, 6.07) is 14.4. The molecule has 1 N–H and O–H groups in total. The second-order valence-electron chi connectivity index (χ2n) is 6.01. The molecule has 146 valence electrons. The molecule has 2 aromatic carbocycles. The second-order valence-corrected chi connectivity index (χ2v) is 10.0. The van der Waals surface area contributed by atoms with Crippen LogP contribution in [0.25, 0.3) is 0 Å². The van der Waals surface area contributed by atoms with Gasteiger partial charge in [-0.2, -0.15) is 0 Å². The van der Waals surface area contributed by atoms with Crippen molar-refractivity contribution in [1.29, 1.82) is 0 Å². The molecular formula is C19H16BrClN2O3S2. The van der Waals surface area contributed by atoms with Crippen LogP contribution in [0.5, 0.6) is 0 Å². The van der Waals surface area contributed by atoms with Crippen LogP contribution in [0, 0.1) is 0 Å². The Bertz CT molecular complexity index is 1120. The lowest BCUT2D eigenvalue weighted by atomic mass is 10.2. The van der Waals surface area contributed by atoms with Gasteiger partial charge in [-0.3, -0.25) is 9.52 Å². The number of carbonyl (C=O) groups is 1. The first kappa shape index (κ1) is 20.9. The molecule has 0 unspecified atom stereocenters. The van der Waals surface area contributed by atoms with Crippen molar-refractivity contribution >= 4 is 60.5 Å². The van der Waals surface area contributed by atoms with E-state index in [1.807, 2.05) is 11.4 Å². The molecule has 0 aliphatic carbocycles. The van der Waals surface area contributed by atoms with Crippen LogP contribution in [0.4, 0.5) is 5.69 Å². The van der Waals surface area contributed by atoms with E-state index in [4.69, 9.17) is 11.6 Å². The number of hydrogen-bond acceptors (Lipinski definition) is 4. The fraction of sp³-hybridized carbons (Fsp3) is 0.105. The molecule has 1 aromatic heterocycles. The molecule has 28 heavy (non-hydrogen) atoms. The Morgan fingerprint density at radius 1 is 1.18 bits per heavy atom. The van der Waals surface area contributed by atoms with Gasteiger partial charge in [-0.05, 0) is 52.3 Å². The van der Waals surface area contributed by atoms with E-state index >= 15 is 0 Å². The van der Waals surface area contributed by atoms with Gasteiger partial charge in [0.25, 0.3) is 15.9 Å². The van der Waals surface area contributed by atoms with Crippen LogP contribution in [-0.2, 0) is 16.6 Å². The first-order chi connectivity index (χ1) is 13.3. The maximum absolute atomic E-state index is 12.7. The van der Waals surface area contributed by atoms with E-state index in [-0.39, 0.29) is 16.5 Å². The van der Waals surface area contributed by atoms with Gasteiger partial charge in [0.05, 0.1) is 22.2 Å². The van der Waals surface area contributed by atoms with E-state index in [9.17, 15) is 13.2 Å². The van der Waals surface area contributed by atoms with Crippen LogP contribution in [0.15, 0.2) is 69.3 Å². The van der Waals surface area contributed by atoms with Gasteiger partial charge >= 0.3 is 0 Å². The SMILES string of the molecule is CN(Cc1cc(Br)cs1)C(=O)c1cccc(S(=O)(=O)Nc2ccccc2Cl)c1. The summed E-state index contributed by atoms with van der Waals surface area (Å²) >= 11 is 11.0. The van der Waals surface area contributed by atoms with Gasteiger partial charge in [0.2, 0.25) is 0 Å². The van der Waals surface area contributed by atoms with E-state index < -0.39 is 10.0 Å². The van der Waals surface area contributed by atoms with Crippen molar-refractivity contribution in [1.82, 2.24) is 4.90 Å². The van der Waals surface area contributed by atoms with Gasteiger partial charge in [0.15, 0.2) is 0 Å². The number of sulfonamides is 1. The number of rotatable bonds is 6. The predicted molar refractivity (Wildman–Crippen MR) is 117 cm³/mol. The summed E-state index contributed by atoms with van der Waals surface area (Å²) in [5.74, 6) is -0.265. The van der Waals surface area contributed by atoms with Crippen LogP contribution in [0.1, 0.15) is 15.2 Å². The first-order valence-corrected chi connectivity index (χ1v) is 11.7. The molecule has 0 aliphatic rings. The highest BCUT2D eigenvalue weighted by molar-refractivity contribution is 9.10. The molecular weight excluding hydrogens is 484 g/mol. The van der Waals surface area contributed by atoms with Crippen molar-refractivity contribution in [2.45, 2.75) is 11.4 Å². The summed E-state index contributed by atoms with van der Waals surface area (Å²) < 4.78 is 28.8. The Morgan fingerprint density at radius 2 is 1.93 bits per heavy atom. The summed E-state index contributed by atoms with van der Waals surface area (Å²) in [5.41, 5.74) is 0.571. The number of para-hydroxylation sites is 1. The maximum atomic E-state index is 12.7. The molecule has 3 aromatic rings. The Morgan fingerprint density at radius 3 is 2.61 bits per heavy atom. The minimum Gasteiger partial charge on any atom is -0.337 e. The predicted octanol–water partition coefficient (Wildman–Crippen LogP) is 5.24. The summed E-state index contributed by atoms with van der Waals surface area (Å²) in [7, 11) is -2.20. The minimum absolute atomic E-state index is 0.00876. The number of thiophene rings is 1. The number of nitrogens with one attached hydrogen (secondary N) is 1. The van der Waals surface area contributed by atoms with Gasteiger partial charge < -0.3 is 4.90 Å². The highest BCUT2D eigenvalue weighted by Crippen LogP contribution is 2.25. The molecule has 3 rings (SSSR count). The number of hydrogen-bond donors (Lipinski definition) is 1. The molecule has 0 bridgehead atoms. The first-order valence-electron chi connectivity index (χ1n) is 8.12. The van der Waals surface area contributed by atoms with Crippen molar-refractivity contribution in [3.8, 4) is 0 Å². The highest BCUT2D eigenvalue weighted by Gasteiger charge is 2.19. The zero-order chi connectivity index (χ0) is 20.3. The quantitative estimate of drug-likeness (QED) is 0.504. The van der Waals surface area contributed by atoms with E-state index in [1.165, 1.54) is 12.1 Å². The Labute approximate surface area is 181 Å². The number of anilines is 1. The summed E-state index contributed by atoms with van der Waals surface area (Å²) in [4.78, 5) is 15.3. The van der Waals surface area contributed by atoms with E-state index in [0.717, 1.165) is 9.35 Å². The maximum Gasteiger partial charge on any atom is 0.261 e. The van der Waals surface area contributed by atoms with Gasteiger partial charge in [0.1, 0.15) is 0 Å². The molecule has 0 radical (unpaired) electrons. The number of benzene rings is 2. The number of nitrogens with zero attached hydrogens (tertiary/aromatic N) is 1. The van der Waals surface area contributed by atoms with Crippen molar-refractivity contribution in [2.24, 2.45) is 0 Å². The van der Waals surface area contributed by atoms with E-state index in [1.54, 1.807) is 59.7 Å². The fourth-order valence-electron chi connectivity index (χ4n) is 2.51. The second kappa shape index (κ2) is 8.65. The van der Waals surface area contributed by atoms with Crippen LogP contribution in [0.2, 0.25) is 5.02 Å². The molecule has 0 atom stereocenters. The summed E-state index contributed by atoms with van der Waals surface area (Å²) in [5, 5.41) is 2.24. The van der Waals surface area contributed by atoms with Gasteiger partial charge in [0, 0.05) is 27.3 Å². The zero-order valence-corrected chi connectivity index (χ0v) is 18.7. The lowest BCUT2D eigenvalue weighted by Gasteiger charge is -2.17. The Balaban J connectivity index is 1.81. The fourth-order valence-corrected chi connectivity index (χ4v) is 5.37. The molecule has 1 heterocycles. The molecule has 1 amide bonds. The average molecular weight is 500 g/mol. The van der Waals surface area contributed by atoms with Gasteiger partial charge in [-0.25, -0.2) is 8.42 Å². The third-order valence-corrected chi connectivity index (χ3v) is 7.25. The molecule has 0 spiro atoms. The third kappa shape index (κ3) is 4.94. The highest BCUT2D eigenvalue weighted by atomic mass is 79.9. The van der Waals surface area contributed by atoms with E-state index in [2.05, 4.69) is 20.7 Å².